The van der Waals surface area contributed by atoms with E-state index in [9.17, 15) is 5.11 Å². The van der Waals surface area contributed by atoms with Crippen molar-refractivity contribution in [2.45, 2.75) is 46.6 Å². The number of hydrogen-bond acceptors (Lipinski definition) is 2. The van der Waals surface area contributed by atoms with Gasteiger partial charge in [-0.15, -0.1) is 0 Å². The van der Waals surface area contributed by atoms with Crippen LogP contribution in [0.4, 0.5) is 0 Å². The van der Waals surface area contributed by atoms with Crippen molar-refractivity contribution in [1.82, 2.24) is 4.98 Å². The second kappa shape index (κ2) is 4.75. The van der Waals surface area contributed by atoms with E-state index in [0.29, 0.717) is 0 Å². The van der Waals surface area contributed by atoms with Crippen LogP contribution in [0.15, 0.2) is 18.5 Å². The molecule has 1 rings (SSSR count). The zero-order valence-electron chi connectivity index (χ0n) is 10.1. The first-order valence-corrected chi connectivity index (χ1v) is 5.49. The smallest absolute Gasteiger partial charge is 0.0591 e. The summed E-state index contributed by atoms with van der Waals surface area (Å²) in [6.07, 6.45) is 5.15. The van der Waals surface area contributed by atoms with Gasteiger partial charge in [-0.1, -0.05) is 20.8 Å². The molecule has 0 aromatic carbocycles. The molecule has 15 heavy (non-hydrogen) atoms. The van der Waals surface area contributed by atoms with E-state index in [0.717, 1.165) is 12.8 Å². The van der Waals surface area contributed by atoms with Crippen LogP contribution >= 0.6 is 0 Å². The molecular weight excluding hydrogens is 186 g/mol. The van der Waals surface area contributed by atoms with Crippen LogP contribution in [0.1, 0.15) is 38.3 Å². The van der Waals surface area contributed by atoms with Crippen LogP contribution in [0.5, 0.6) is 0 Å². The Morgan fingerprint density at radius 1 is 1.40 bits per heavy atom. The maximum atomic E-state index is 9.92. The molecule has 84 valence electrons. The predicted octanol–water partition coefficient (Wildman–Crippen LogP) is 2.73. The lowest BCUT2D eigenvalue weighted by Crippen LogP contribution is -2.26. The van der Waals surface area contributed by atoms with Crippen LogP contribution in [0, 0.1) is 12.3 Å². The summed E-state index contributed by atoms with van der Waals surface area (Å²) in [4.78, 5) is 4.10. The van der Waals surface area contributed by atoms with E-state index in [4.69, 9.17) is 0 Å². The van der Waals surface area contributed by atoms with Gasteiger partial charge in [0.1, 0.15) is 0 Å². The van der Waals surface area contributed by atoms with Gasteiger partial charge in [0.2, 0.25) is 0 Å². The molecule has 0 radical (unpaired) electrons. The zero-order valence-corrected chi connectivity index (χ0v) is 10.1. The first-order valence-electron chi connectivity index (χ1n) is 5.49. The van der Waals surface area contributed by atoms with Crippen LogP contribution in [0.25, 0.3) is 0 Å². The molecular formula is C13H21NO. The number of aliphatic hydroxyl groups excluding tert-OH is 1. The van der Waals surface area contributed by atoms with Crippen molar-refractivity contribution in [3.8, 4) is 0 Å². The second-order valence-electron chi connectivity index (χ2n) is 5.22. The second-order valence-corrected chi connectivity index (χ2v) is 5.22. The van der Waals surface area contributed by atoms with Crippen LogP contribution < -0.4 is 0 Å². The first-order chi connectivity index (χ1) is 6.91. The van der Waals surface area contributed by atoms with Gasteiger partial charge >= 0.3 is 0 Å². The summed E-state index contributed by atoms with van der Waals surface area (Å²) < 4.78 is 0. The van der Waals surface area contributed by atoms with Gasteiger partial charge < -0.3 is 5.11 Å². The fourth-order valence-electron chi connectivity index (χ4n) is 1.48. The van der Waals surface area contributed by atoms with E-state index in [-0.39, 0.29) is 11.5 Å². The molecule has 2 nitrogen and oxygen atoms in total. The Bertz CT molecular complexity index is 315. The number of nitrogens with zero attached hydrogens (tertiary/aromatic N) is 1. The normalized spacial score (nSPS) is 13.9. The van der Waals surface area contributed by atoms with E-state index < -0.39 is 0 Å². The molecule has 0 saturated heterocycles. The van der Waals surface area contributed by atoms with Crippen molar-refractivity contribution < 1.29 is 5.11 Å². The third-order valence-electron chi connectivity index (χ3n) is 2.83. The summed E-state index contributed by atoms with van der Waals surface area (Å²) in [5, 5.41) is 9.92. The molecule has 1 unspecified atom stereocenters. The van der Waals surface area contributed by atoms with E-state index in [2.05, 4.69) is 32.7 Å². The molecule has 0 fully saturated rings. The van der Waals surface area contributed by atoms with Crippen molar-refractivity contribution in [2.75, 3.05) is 0 Å². The molecule has 0 aliphatic carbocycles. The zero-order chi connectivity index (χ0) is 11.5. The molecule has 0 aliphatic rings. The van der Waals surface area contributed by atoms with Crippen LogP contribution in [0.3, 0.4) is 0 Å². The Hall–Kier alpha value is -0.890. The Labute approximate surface area is 92.4 Å². The fourth-order valence-corrected chi connectivity index (χ4v) is 1.48. The molecule has 1 heterocycles. The minimum atomic E-state index is -0.253. The number of aromatic nitrogens is 1. The maximum Gasteiger partial charge on any atom is 0.0591 e. The highest BCUT2D eigenvalue weighted by atomic mass is 16.3. The van der Waals surface area contributed by atoms with Crippen molar-refractivity contribution >= 4 is 0 Å². The highest BCUT2D eigenvalue weighted by Crippen LogP contribution is 2.23. The summed E-state index contributed by atoms with van der Waals surface area (Å²) in [6.45, 7) is 8.27. The Morgan fingerprint density at radius 3 is 2.60 bits per heavy atom. The molecule has 1 N–H and O–H groups in total. The van der Waals surface area contributed by atoms with Crippen molar-refractivity contribution in [2.24, 2.45) is 5.41 Å². The minimum Gasteiger partial charge on any atom is -0.393 e. The van der Waals surface area contributed by atoms with Crippen LogP contribution in [-0.4, -0.2) is 16.2 Å². The number of hydrogen-bond donors (Lipinski definition) is 1. The lowest BCUT2D eigenvalue weighted by atomic mass is 9.85. The molecule has 0 aliphatic heterocycles. The van der Waals surface area contributed by atoms with E-state index in [1.165, 1.54) is 11.1 Å². The van der Waals surface area contributed by atoms with Gasteiger partial charge in [-0.05, 0) is 42.4 Å². The molecule has 1 aromatic heterocycles. The summed E-state index contributed by atoms with van der Waals surface area (Å²) in [6, 6.07) is 2.01. The fraction of sp³-hybridized carbons (Fsp3) is 0.615. The van der Waals surface area contributed by atoms with Crippen molar-refractivity contribution in [3.63, 3.8) is 0 Å². The topological polar surface area (TPSA) is 33.1 Å². The monoisotopic (exact) mass is 207 g/mol. The number of aliphatic hydroxyl groups is 1. The van der Waals surface area contributed by atoms with Gasteiger partial charge in [-0.2, -0.15) is 0 Å². The highest BCUT2D eigenvalue weighted by Gasteiger charge is 2.21. The summed E-state index contributed by atoms with van der Waals surface area (Å²) in [5.74, 6) is 0. The Morgan fingerprint density at radius 2 is 2.07 bits per heavy atom. The van der Waals surface area contributed by atoms with Gasteiger partial charge in [0, 0.05) is 12.4 Å². The SMILES string of the molecule is Cc1ccncc1CCC(O)C(C)(C)C. The van der Waals surface area contributed by atoms with Gasteiger partial charge in [0.05, 0.1) is 6.10 Å². The largest absolute Gasteiger partial charge is 0.393 e. The molecule has 0 spiro atoms. The molecule has 0 saturated carbocycles. The Balaban J connectivity index is 2.55. The lowest BCUT2D eigenvalue weighted by Gasteiger charge is -2.25. The molecule has 1 aromatic rings. The van der Waals surface area contributed by atoms with E-state index in [1.807, 2.05) is 12.3 Å². The first kappa shape index (κ1) is 12.2. The average molecular weight is 207 g/mol. The van der Waals surface area contributed by atoms with Crippen LogP contribution in [-0.2, 0) is 6.42 Å². The standard InChI is InChI=1S/C13H21NO/c1-10-7-8-14-9-11(10)5-6-12(15)13(2,3)4/h7-9,12,15H,5-6H2,1-4H3. The van der Waals surface area contributed by atoms with Gasteiger partial charge in [-0.25, -0.2) is 0 Å². The number of aryl methyl sites for hydroxylation is 2. The average Bonchev–Trinajstić information content (AvgIpc) is 2.14. The summed E-state index contributed by atoms with van der Waals surface area (Å²) >= 11 is 0. The summed E-state index contributed by atoms with van der Waals surface area (Å²) in [5.41, 5.74) is 2.46. The lowest BCUT2D eigenvalue weighted by molar-refractivity contribution is 0.0559. The quantitative estimate of drug-likeness (QED) is 0.826. The highest BCUT2D eigenvalue weighted by molar-refractivity contribution is 5.21. The maximum absolute atomic E-state index is 9.92. The molecule has 0 bridgehead atoms. The minimum absolute atomic E-state index is 0.0316. The van der Waals surface area contributed by atoms with Gasteiger partial charge in [0.25, 0.3) is 0 Å². The van der Waals surface area contributed by atoms with Crippen molar-refractivity contribution in [1.29, 1.82) is 0 Å². The third kappa shape index (κ3) is 3.63. The number of rotatable bonds is 3. The molecule has 1 atom stereocenters. The van der Waals surface area contributed by atoms with E-state index in [1.54, 1.807) is 6.20 Å². The Kier molecular flexibility index (Phi) is 3.86. The van der Waals surface area contributed by atoms with E-state index >= 15 is 0 Å². The molecule has 0 amide bonds. The predicted molar refractivity (Wildman–Crippen MR) is 62.8 cm³/mol. The summed E-state index contributed by atoms with van der Waals surface area (Å²) in [7, 11) is 0. The van der Waals surface area contributed by atoms with Gasteiger partial charge in [-0.3, -0.25) is 4.98 Å². The molecule has 2 heteroatoms. The van der Waals surface area contributed by atoms with Crippen LogP contribution in [0.2, 0.25) is 0 Å². The van der Waals surface area contributed by atoms with Gasteiger partial charge in [0.15, 0.2) is 0 Å². The number of pyridine rings is 1. The van der Waals surface area contributed by atoms with Crippen molar-refractivity contribution in [3.05, 3.63) is 29.6 Å². The third-order valence-corrected chi connectivity index (χ3v) is 2.83.